The van der Waals surface area contributed by atoms with Gasteiger partial charge in [-0.15, -0.1) is 0 Å². The van der Waals surface area contributed by atoms with Gasteiger partial charge in [0, 0.05) is 164 Å². The number of likely N-dealkylation sites (tertiary alicyclic amines) is 4. The van der Waals surface area contributed by atoms with Gasteiger partial charge in [0.2, 0.25) is 0 Å². The molecule has 17 heteroatoms. The van der Waals surface area contributed by atoms with Gasteiger partial charge in [-0.25, -0.2) is 9.59 Å². The van der Waals surface area contributed by atoms with Crippen molar-refractivity contribution in [1.29, 1.82) is 0 Å². The van der Waals surface area contributed by atoms with Crippen molar-refractivity contribution in [1.82, 2.24) is 54.5 Å². The highest BCUT2D eigenvalue weighted by Gasteiger charge is 2.28. The number of aromatic nitrogens is 2. The maximum absolute atomic E-state index is 12.5. The fourth-order valence-corrected chi connectivity index (χ4v) is 18.7. The summed E-state index contributed by atoms with van der Waals surface area (Å²) >= 11 is 6.20. The molecule has 0 atom stereocenters. The zero-order valence-electron chi connectivity index (χ0n) is 84.6. The molecule has 12 rings (SSSR count). The molecule has 127 heavy (non-hydrogen) atoms. The normalized spacial score (nSPS) is 16.6. The first-order valence-corrected chi connectivity index (χ1v) is 50.2. The van der Waals surface area contributed by atoms with E-state index in [1.165, 1.54) is 103 Å². The van der Waals surface area contributed by atoms with Crippen LogP contribution in [-0.2, 0) is 13.0 Å². The minimum Gasteiger partial charge on any atom is -0.369 e. The van der Waals surface area contributed by atoms with Gasteiger partial charge in [-0.05, 0) is 255 Å². The van der Waals surface area contributed by atoms with Gasteiger partial charge >= 0.3 is 11.7 Å². The standard InChI is InChI=1S/C20H34N2.C19H30ClN3O.C19H29N3O.C19H30N2O.C17H28N2.C16H27N/c1-16(2)14-22-12-10-20(11-13-22)21(5)15-18-6-8-19(9-7-18)17(3)4;1-13(2)12-23-9-7-15(8-10-23)21-19(24)22-16-5-6-18(20)17(11-16)14(3)4;1-13(2)12-21-9-7-16(8-10-21)22-18-11-15(14(3)4)5-6-17(18)20-19(22)23;1-14(2)13-21-10-8-18(9-11-21)20-19(22)17-7-5-6-16(12-17)15(3)4;1-14(2)13-18-9-11-19(12-10-18)17-7-5-16(6-8-17)15(3)4;1-13(2)12-17(5)11-10-15-6-8-16(9-7-15)14(3)4/h6-9,16-17,20H,10-15H2,1-5H3;5-6,11,13-15H,7-10,12H2,1-4H3,(H2,21,22,24);5-6,11,13-14,16H,7-10,12H2,1-4H3,(H,20,23);5-7,12,14-15,18H,8-11,13H2,1-4H3,(H,20,22);5-8,14-15H,9-13H2,1-4H3;6-9,13-14H,10-12H2,1-5H3. The number of aromatic amines is 1. The smallest absolute Gasteiger partial charge is 0.326 e. The van der Waals surface area contributed by atoms with Crippen LogP contribution in [0.25, 0.3) is 11.0 Å². The van der Waals surface area contributed by atoms with E-state index in [2.05, 4.69) is 337 Å². The van der Waals surface area contributed by atoms with E-state index >= 15 is 0 Å². The molecule has 6 heterocycles. The maximum Gasteiger partial charge on any atom is 0.326 e. The predicted octanol–water partition coefficient (Wildman–Crippen LogP) is 24.0. The fraction of sp³-hybridized carbons (Fsp3) is 0.645. The molecule has 4 N–H and O–H groups in total. The third kappa shape index (κ3) is 38.5. The molecule has 0 saturated carbocycles. The topological polar surface area (TPSA) is 134 Å². The Morgan fingerprint density at radius 1 is 0.425 bits per heavy atom. The minimum atomic E-state index is -0.130. The lowest BCUT2D eigenvalue weighted by Crippen LogP contribution is -2.47. The molecule has 16 nitrogen and oxygen atoms in total. The van der Waals surface area contributed by atoms with Gasteiger partial charge in [-0.3, -0.25) is 19.2 Å². The van der Waals surface area contributed by atoms with Gasteiger partial charge in [0.15, 0.2) is 0 Å². The molecule has 0 aliphatic carbocycles. The first-order valence-electron chi connectivity index (χ1n) is 49.8. The van der Waals surface area contributed by atoms with Gasteiger partial charge in [-0.1, -0.05) is 257 Å². The van der Waals surface area contributed by atoms with Crippen LogP contribution in [0.15, 0.2) is 138 Å². The van der Waals surface area contributed by atoms with Crippen LogP contribution in [0, 0.1) is 35.5 Å². The summed E-state index contributed by atoms with van der Waals surface area (Å²) < 4.78 is 2.01. The second kappa shape index (κ2) is 54.8. The molecule has 5 saturated heterocycles. The van der Waals surface area contributed by atoms with E-state index < -0.39 is 0 Å². The number of imidazole rings is 1. The Labute approximate surface area is 778 Å². The average molecular weight is 1770 g/mol. The molecule has 6 aromatic carbocycles. The number of fused-ring (bicyclic) bond motifs is 1. The van der Waals surface area contributed by atoms with Crippen LogP contribution in [0.2, 0.25) is 5.02 Å². The Morgan fingerprint density at radius 2 is 0.843 bits per heavy atom. The number of hydrogen-bond donors (Lipinski definition) is 4. The Bertz CT molecular complexity index is 4270. The number of piperazine rings is 1. The number of H-pyrrole nitrogens is 1. The van der Waals surface area contributed by atoms with Crippen LogP contribution in [-0.4, -0.2) is 212 Å². The number of carbonyl (C=O) groups excluding carboxylic acids is 2. The third-order valence-corrected chi connectivity index (χ3v) is 26.0. The highest BCUT2D eigenvalue weighted by atomic mass is 35.5. The molecule has 708 valence electrons. The molecule has 1 aromatic heterocycles. The summed E-state index contributed by atoms with van der Waals surface area (Å²) in [6.07, 6.45) is 10.0. The highest BCUT2D eigenvalue weighted by molar-refractivity contribution is 6.31. The van der Waals surface area contributed by atoms with Crippen molar-refractivity contribution in [2.24, 2.45) is 35.5 Å². The monoisotopic (exact) mass is 1760 g/mol. The lowest BCUT2D eigenvalue weighted by atomic mass is 9.99. The van der Waals surface area contributed by atoms with Gasteiger partial charge in [0.05, 0.1) is 11.0 Å². The van der Waals surface area contributed by atoms with Crippen molar-refractivity contribution >= 4 is 45.9 Å². The second-order valence-electron chi connectivity index (χ2n) is 42.3. The van der Waals surface area contributed by atoms with Crippen molar-refractivity contribution in [3.63, 3.8) is 0 Å². The Hall–Kier alpha value is -6.86. The van der Waals surface area contributed by atoms with E-state index in [1.54, 1.807) is 0 Å². The molecule has 5 aliphatic rings. The number of nitrogens with one attached hydrogen (secondary N) is 4. The predicted molar refractivity (Wildman–Crippen MR) is 547 cm³/mol. The number of rotatable bonds is 30. The molecule has 0 radical (unpaired) electrons. The number of halogens is 1. The fourth-order valence-electron chi connectivity index (χ4n) is 18.4. The van der Waals surface area contributed by atoms with Crippen LogP contribution < -0.4 is 26.5 Å². The third-order valence-electron chi connectivity index (χ3n) is 25.6. The van der Waals surface area contributed by atoms with Crippen molar-refractivity contribution < 1.29 is 9.59 Å². The largest absolute Gasteiger partial charge is 0.369 e. The van der Waals surface area contributed by atoms with Crippen LogP contribution >= 0.6 is 11.6 Å². The van der Waals surface area contributed by atoms with Gasteiger partial charge in [0.25, 0.3) is 5.91 Å². The van der Waals surface area contributed by atoms with E-state index in [0.29, 0.717) is 65.3 Å². The number of amides is 3. The minimum absolute atomic E-state index is 0.0446. The Balaban J connectivity index is 0.000000210. The first kappa shape index (κ1) is 107. The SMILES string of the molecule is CC(C)CN(C)CCc1ccc(C(C)C)cc1.CC(C)CN1CCC(N(C)Cc2ccc(C(C)C)cc2)CC1.CC(C)CN1CCC(NC(=O)Nc2ccc(Cl)c(C(C)C)c2)CC1.CC(C)CN1CCC(NC(=O)c2cccc(C(C)C)c2)CC1.CC(C)CN1CCC(n2c(=O)[nH]c3ccc(C(C)C)cc32)CC1.CC(C)CN1CCN(c2ccc(C(C)C)cc2)CC1. The zero-order chi connectivity index (χ0) is 93.1. The zero-order valence-corrected chi connectivity index (χ0v) is 85.3. The van der Waals surface area contributed by atoms with E-state index in [4.69, 9.17) is 11.6 Å². The number of piperidine rings is 4. The number of benzene rings is 6. The number of anilines is 2. The van der Waals surface area contributed by atoms with Crippen LogP contribution in [0.5, 0.6) is 0 Å². The van der Waals surface area contributed by atoms with Gasteiger partial charge in [-0.2, -0.15) is 0 Å². The first-order chi connectivity index (χ1) is 60.2. The van der Waals surface area contributed by atoms with Gasteiger partial charge in [0.1, 0.15) is 0 Å². The average Bonchev–Trinajstić information content (AvgIpc) is 1.63. The van der Waals surface area contributed by atoms with Crippen molar-refractivity contribution in [2.45, 2.75) is 290 Å². The van der Waals surface area contributed by atoms with E-state index in [9.17, 15) is 14.4 Å². The summed E-state index contributed by atoms with van der Waals surface area (Å²) in [5, 5.41) is 9.98. The summed E-state index contributed by atoms with van der Waals surface area (Å²) in [6, 6.07) is 48.9. The molecule has 5 aliphatic heterocycles. The number of urea groups is 1. The van der Waals surface area contributed by atoms with E-state index in [0.717, 1.165) is 187 Å². The summed E-state index contributed by atoms with van der Waals surface area (Å²) in [5.74, 6) is 7.63. The van der Waals surface area contributed by atoms with Crippen LogP contribution in [0.3, 0.4) is 0 Å². The highest BCUT2D eigenvalue weighted by Crippen LogP contribution is 2.31. The number of likely N-dealkylation sites (N-methyl/N-ethyl adjacent to an activating group) is 1. The summed E-state index contributed by atoms with van der Waals surface area (Å²) in [6.45, 7) is 76.8. The van der Waals surface area contributed by atoms with Crippen LogP contribution in [0.4, 0.5) is 16.2 Å². The summed E-state index contributed by atoms with van der Waals surface area (Å²) in [5.41, 5.74) is 15.8. The van der Waals surface area contributed by atoms with E-state index in [-0.39, 0.29) is 23.7 Å². The Kier molecular flexibility index (Phi) is 46.3. The number of hydrogen-bond acceptors (Lipinski definition) is 11. The quantitative estimate of drug-likeness (QED) is 0.0343. The van der Waals surface area contributed by atoms with Crippen molar-refractivity contribution in [3.05, 3.63) is 199 Å². The molecule has 7 aromatic rings. The number of carbonyl (C=O) groups is 2. The molecule has 3 amide bonds. The maximum atomic E-state index is 12.5. The molecular formula is C110H178ClN13O3. The molecule has 5 fully saturated rings. The summed E-state index contributed by atoms with van der Waals surface area (Å²) in [7, 11) is 4.50. The second-order valence-corrected chi connectivity index (χ2v) is 42.7. The number of nitrogens with zero attached hydrogens (tertiary/aromatic N) is 9. The Morgan fingerprint density at radius 3 is 1.29 bits per heavy atom. The lowest BCUT2D eigenvalue weighted by Gasteiger charge is -2.37. The summed E-state index contributed by atoms with van der Waals surface area (Å²) in [4.78, 5) is 60.4. The molecule has 0 spiro atoms. The molecule has 0 unspecified atom stereocenters. The van der Waals surface area contributed by atoms with Crippen molar-refractivity contribution in [3.8, 4) is 0 Å². The van der Waals surface area contributed by atoms with Crippen LogP contribution in [0.1, 0.15) is 314 Å². The molecular weight excluding hydrogens is 1590 g/mol. The lowest BCUT2D eigenvalue weighted by molar-refractivity contribution is 0.0907. The van der Waals surface area contributed by atoms with Gasteiger partial charge < -0.3 is 50.3 Å². The van der Waals surface area contributed by atoms with Crippen molar-refractivity contribution in [2.75, 3.05) is 149 Å². The molecule has 0 bridgehead atoms. The van der Waals surface area contributed by atoms with E-state index in [1.807, 2.05) is 41.0 Å².